The Kier molecular flexibility index (Phi) is 4.39. The topological polar surface area (TPSA) is 86.5 Å². The molecule has 0 aliphatic heterocycles. The summed E-state index contributed by atoms with van der Waals surface area (Å²) in [5.41, 5.74) is 10.8. The molecule has 120 valence electrons. The average molecular weight is 345 g/mol. The number of rotatable bonds is 2. The molecule has 0 aliphatic carbocycles. The second-order valence-corrected chi connectivity index (χ2v) is 5.97. The highest BCUT2D eigenvalue weighted by Gasteiger charge is 2.18. The summed E-state index contributed by atoms with van der Waals surface area (Å²) in [6.07, 6.45) is 0. The monoisotopic (exact) mass is 344 g/mol. The first kappa shape index (κ1) is 16.5. The van der Waals surface area contributed by atoms with Crippen LogP contribution in [0, 0.1) is 29.6 Å². The Balaban J connectivity index is 2.30. The summed E-state index contributed by atoms with van der Waals surface area (Å²) < 4.78 is 0. The van der Waals surface area contributed by atoms with E-state index in [1.807, 2.05) is 37.3 Å². The molecule has 3 rings (SSSR count). The molecule has 0 unspecified atom stereocenters. The largest absolute Gasteiger partial charge is 0.383 e. The maximum absolute atomic E-state index is 9.55. The van der Waals surface area contributed by atoms with Gasteiger partial charge < -0.3 is 5.73 Å². The summed E-state index contributed by atoms with van der Waals surface area (Å²) in [6, 6.07) is 18.6. The molecule has 0 saturated carbocycles. The lowest BCUT2D eigenvalue weighted by Crippen LogP contribution is -2.03. The third-order valence-corrected chi connectivity index (χ3v) is 4.22. The fourth-order valence-electron chi connectivity index (χ4n) is 2.80. The maximum atomic E-state index is 9.55. The number of pyridine rings is 1. The number of benzene rings is 2. The number of hydrogen-bond acceptors (Lipinski definition) is 4. The number of nitrogens with two attached hydrogens (primary N) is 1. The van der Waals surface area contributed by atoms with E-state index >= 15 is 0 Å². The van der Waals surface area contributed by atoms with Crippen molar-refractivity contribution in [2.45, 2.75) is 6.92 Å². The molecule has 25 heavy (non-hydrogen) atoms. The molecule has 0 saturated heterocycles. The molecule has 0 bridgehead atoms. The Labute approximate surface area is 150 Å². The fourth-order valence-corrected chi connectivity index (χ4v) is 2.99. The predicted molar refractivity (Wildman–Crippen MR) is 98.7 cm³/mol. The zero-order valence-electron chi connectivity index (χ0n) is 13.4. The van der Waals surface area contributed by atoms with Crippen molar-refractivity contribution in [3.63, 3.8) is 0 Å². The predicted octanol–water partition coefficient (Wildman–Crippen LogP) is 4.70. The van der Waals surface area contributed by atoms with E-state index in [2.05, 4.69) is 17.1 Å². The highest BCUT2D eigenvalue weighted by molar-refractivity contribution is 6.30. The summed E-state index contributed by atoms with van der Waals surface area (Å²) >= 11 is 6.09. The summed E-state index contributed by atoms with van der Waals surface area (Å²) in [7, 11) is 0. The molecule has 4 nitrogen and oxygen atoms in total. The van der Waals surface area contributed by atoms with Crippen LogP contribution in [0.5, 0.6) is 0 Å². The molecule has 0 atom stereocenters. The minimum Gasteiger partial charge on any atom is -0.383 e. The zero-order valence-corrected chi connectivity index (χ0v) is 14.2. The van der Waals surface area contributed by atoms with Gasteiger partial charge in [0.2, 0.25) is 0 Å². The zero-order chi connectivity index (χ0) is 18.0. The van der Waals surface area contributed by atoms with Gasteiger partial charge in [-0.1, -0.05) is 35.9 Å². The Morgan fingerprint density at radius 1 is 1.00 bits per heavy atom. The highest BCUT2D eigenvalue weighted by atomic mass is 35.5. The summed E-state index contributed by atoms with van der Waals surface area (Å²) in [6.45, 7) is 1.90. The van der Waals surface area contributed by atoms with E-state index in [4.69, 9.17) is 22.6 Å². The van der Waals surface area contributed by atoms with Crippen molar-refractivity contribution >= 4 is 17.4 Å². The van der Waals surface area contributed by atoms with Crippen molar-refractivity contribution < 1.29 is 0 Å². The van der Waals surface area contributed by atoms with E-state index in [-0.39, 0.29) is 5.82 Å². The molecule has 0 aliphatic rings. The molecule has 2 N–H and O–H groups in total. The van der Waals surface area contributed by atoms with Gasteiger partial charge in [0, 0.05) is 16.1 Å². The Bertz CT molecular complexity index is 1040. The number of anilines is 1. The lowest BCUT2D eigenvalue weighted by molar-refractivity contribution is 1.26. The lowest BCUT2D eigenvalue weighted by atomic mass is 9.92. The van der Waals surface area contributed by atoms with E-state index in [1.165, 1.54) is 0 Å². The van der Waals surface area contributed by atoms with Gasteiger partial charge in [-0.15, -0.1) is 0 Å². The SMILES string of the molecule is Cc1c(-c2cccc(Cl)c2)nc(N)c(C#N)c1-c1ccc(C#N)cc1. The third-order valence-electron chi connectivity index (χ3n) is 3.98. The van der Waals surface area contributed by atoms with Crippen LogP contribution in [-0.4, -0.2) is 4.98 Å². The first-order valence-corrected chi connectivity index (χ1v) is 7.89. The van der Waals surface area contributed by atoms with Crippen molar-refractivity contribution in [1.82, 2.24) is 4.98 Å². The molecule has 0 amide bonds. The molecule has 2 aromatic carbocycles. The van der Waals surface area contributed by atoms with Gasteiger partial charge in [-0.05, 0) is 42.3 Å². The number of halogens is 1. The first-order chi connectivity index (χ1) is 12.0. The van der Waals surface area contributed by atoms with Crippen LogP contribution in [0.2, 0.25) is 5.02 Å². The van der Waals surface area contributed by atoms with Gasteiger partial charge in [-0.2, -0.15) is 10.5 Å². The van der Waals surface area contributed by atoms with E-state index in [0.717, 1.165) is 22.3 Å². The second-order valence-electron chi connectivity index (χ2n) is 5.53. The molecule has 1 aromatic heterocycles. The lowest BCUT2D eigenvalue weighted by Gasteiger charge is -2.15. The van der Waals surface area contributed by atoms with Crippen molar-refractivity contribution in [3.8, 4) is 34.5 Å². The van der Waals surface area contributed by atoms with Crippen LogP contribution < -0.4 is 5.73 Å². The number of nitriles is 2. The summed E-state index contributed by atoms with van der Waals surface area (Å²) in [5.74, 6) is 0.169. The highest BCUT2D eigenvalue weighted by Crippen LogP contribution is 2.36. The van der Waals surface area contributed by atoms with Gasteiger partial charge in [-0.25, -0.2) is 4.98 Å². The van der Waals surface area contributed by atoms with Crippen molar-refractivity contribution in [2.75, 3.05) is 5.73 Å². The minimum absolute atomic E-state index is 0.169. The molecule has 0 fully saturated rings. The van der Waals surface area contributed by atoms with Gasteiger partial charge in [0.25, 0.3) is 0 Å². The number of nitrogen functional groups attached to an aromatic ring is 1. The second kappa shape index (κ2) is 6.65. The van der Waals surface area contributed by atoms with Crippen LogP contribution in [-0.2, 0) is 0 Å². The van der Waals surface area contributed by atoms with Crippen LogP contribution >= 0.6 is 11.6 Å². The van der Waals surface area contributed by atoms with Gasteiger partial charge in [0.05, 0.1) is 17.3 Å². The molecular weight excluding hydrogens is 332 g/mol. The van der Waals surface area contributed by atoms with Gasteiger partial charge in [-0.3, -0.25) is 0 Å². The molecular formula is C20H13ClN4. The molecule has 1 heterocycles. The summed E-state index contributed by atoms with van der Waals surface area (Å²) in [5, 5.41) is 19.1. The van der Waals surface area contributed by atoms with Crippen molar-refractivity contribution in [2.24, 2.45) is 0 Å². The van der Waals surface area contributed by atoms with Crippen LogP contribution in [0.3, 0.4) is 0 Å². The average Bonchev–Trinajstić information content (AvgIpc) is 2.63. The standard InChI is InChI=1S/C20H13ClN4/c1-12-18(14-7-5-13(10-22)6-8-14)17(11-23)20(24)25-19(12)15-3-2-4-16(21)9-15/h2-9H,1H3,(H2,24,25). The maximum Gasteiger partial charge on any atom is 0.142 e. The van der Waals surface area contributed by atoms with Crippen LogP contribution in [0.15, 0.2) is 48.5 Å². The van der Waals surface area contributed by atoms with Crippen LogP contribution in [0.25, 0.3) is 22.4 Å². The normalized spacial score (nSPS) is 10.1. The molecule has 5 heteroatoms. The Hall–Kier alpha value is -3.34. The molecule has 3 aromatic rings. The first-order valence-electron chi connectivity index (χ1n) is 7.51. The number of nitrogens with zero attached hydrogens (tertiary/aromatic N) is 3. The van der Waals surface area contributed by atoms with Crippen molar-refractivity contribution in [1.29, 1.82) is 10.5 Å². The van der Waals surface area contributed by atoms with E-state index in [1.54, 1.807) is 18.2 Å². The number of aromatic nitrogens is 1. The Morgan fingerprint density at radius 3 is 2.32 bits per heavy atom. The van der Waals surface area contributed by atoms with Crippen LogP contribution in [0.1, 0.15) is 16.7 Å². The molecule has 0 spiro atoms. The molecule has 0 radical (unpaired) electrons. The number of hydrogen-bond donors (Lipinski definition) is 1. The van der Waals surface area contributed by atoms with E-state index in [9.17, 15) is 5.26 Å². The minimum atomic E-state index is 0.169. The van der Waals surface area contributed by atoms with Gasteiger partial charge in [0.15, 0.2) is 0 Å². The van der Waals surface area contributed by atoms with Gasteiger partial charge >= 0.3 is 0 Å². The fraction of sp³-hybridized carbons (Fsp3) is 0.0500. The van der Waals surface area contributed by atoms with Crippen molar-refractivity contribution in [3.05, 3.63) is 70.2 Å². The van der Waals surface area contributed by atoms with E-state index in [0.29, 0.717) is 21.8 Å². The van der Waals surface area contributed by atoms with E-state index < -0.39 is 0 Å². The summed E-state index contributed by atoms with van der Waals surface area (Å²) in [4.78, 5) is 4.42. The smallest absolute Gasteiger partial charge is 0.142 e. The quantitative estimate of drug-likeness (QED) is 0.729. The Morgan fingerprint density at radius 2 is 1.72 bits per heavy atom. The van der Waals surface area contributed by atoms with Gasteiger partial charge in [0.1, 0.15) is 17.5 Å². The van der Waals surface area contributed by atoms with Crippen LogP contribution in [0.4, 0.5) is 5.82 Å². The third kappa shape index (κ3) is 3.04.